The number of fused-ring (bicyclic) bond motifs is 1. The number of aromatic nitrogens is 2. The van der Waals surface area contributed by atoms with Crippen molar-refractivity contribution >= 4 is 32.9 Å². The van der Waals surface area contributed by atoms with Gasteiger partial charge in [0, 0.05) is 27.2 Å². The highest BCUT2D eigenvalue weighted by Gasteiger charge is 2.49. The molecular weight excluding hydrogens is 406 g/mol. The average Bonchev–Trinajstić information content (AvgIpc) is 3.09. The van der Waals surface area contributed by atoms with Crippen LogP contribution in [0, 0.1) is 5.41 Å². The Morgan fingerprint density at radius 3 is 2.38 bits per heavy atom. The lowest BCUT2D eigenvalue weighted by atomic mass is 9.84. The van der Waals surface area contributed by atoms with Crippen LogP contribution < -0.4 is 11.2 Å². The Hall–Kier alpha value is -2.99. The monoisotopic (exact) mass is 425 g/mol. The van der Waals surface area contributed by atoms with Crippen molar-refractivity contribution in [2.24, 2.45) is 19.5 Å². The van der Waals surface area contributed by atoms with Crippen LogP contribution in [0.15, 0.2) is 32.7 Å². The van der Waals surface area contributed by atoms with E-state index < -0.39 is 51.6 Å². The topological polar surface area (TPSA) is 156 Å². The number of aliphatic carboxylic acids is 2. The summed E-state index contributed by atoms with van der Waals surface area (Å²) in [6.45, 7) is -0.647. The van der Waals surface area contributed by atoms with Gasteiger partial charge in [0.05, 0.1) is 27.6 Å². The van der Waals surface area contributed by atoms with E-state index in [0.29, 0.717) is 0 Å². The van der Waals surface area contributed by atoms with Crippen LogP contribution >= 0.6 is 0 Å². The Labute approximate surface area is 164 Å². The minimum atomic E-state index is -4.18. The van der Waals surface area contributed by atoms with Crippen molar-refractivity contribution in [1.29, 1.82) is 0 Å². The predicted octanol–water partition coefficient (Wildman–Crippen LogP) is -0.823. The molecule has 1 fully saturated rings. The molecular formula is C17H19N3O8S. The van der Waals surface area contributed by atoms with Gasteiger partial charge in [-0.25, -0.2) is 13.2 Å². The lowest BCUT2D eigenvalue weighted by molar-refractivity contribution is -0.154. The average molecular weight is 425 g/mol. The van der Waals surface area contributed by atoms with Crippen LogP contribution in [-0.4, -0.2) is 57.1 Å². The number of carboxylic acids is 2. The minimum absolute atomic E-state index is 0.0184. The van der Waals surface area contributed by atoms with Gasteiger partial charge in [0.1, 0.15) is 0 Å². The lowest BCUT2D eigenvalue weighted by Gasteiger charge is -2.23. The summed E-state index contributed by atoms with van der Waals surface area (Å²) >= 11 is 0. The van der Waals surface area contributed by atoms with Gasteiger partial charge in [0.25, 0.3) is 5.56 Å². The molecule has 1 aromatic carbocycles. The Bertz CT molecular complexity index is 1260. The second-order valence-corrected chi connectivity index (χ2v) is 9.07. The van der Waals surface area contributed by atoms with E-state index in [9.17, 15) is 32.7 Å². The summed E-state index contributed by atoms with van der Waals surface area (Å²) in [5, 5.41) is 18.5. The number of carbonyl (C=O) groups is 2. The van der Waals surface area contributed by atoms with Crippen LogP contribution in [-0.2, 0) is 33.7 Å². The molecule has 1 aliphatic heterocycles. The van der Waals surface area contributed by atoms with Gasteiger partial charge in [-0.3, -0.25) is 23.5 Å². The molecule has 1 unspecified atom stereocenters. The maximum absolute atomic E-state index is 13.0. The quantitative estimate of drug-likeness (QED) is 0.629. The zero-order valence-electron chi connectivity index (χ0n) is 15.7. The van der Waals surface area contributed by atoms with E-state index in [1.807, 2.05) is 0 Å². The van der Waals surface area contributed by atoms with Crippen molar-refractivity contribution in [1.82, 2.24) is 13.4 Å². The van der Waals surface area contributed by atoms with E-state index in [1.165, 1.54) is 30.8 Å². The third-order valence-electron chi connectivity index (χ3n) is 5.34. The summed E-state index contributed by atoms with van der Waals surface area (Å²) in [7, 11) is -1.45. The molecule has 2 N–H and O–H groups in total. The molecule has 2 aromatic rings. The standard InChI is InChI=1S/C17H19N3O8S/c1-18-12-4-3-10(7-11(12)14(23)19(2)16(18)26)29(27,28)20-6-5-17(9-20,15(24)25)8-13(21)22/h3-4,7H,5-6,8-9H2,1-2H3,(H,21,22)(H,24,25). The summed E-state index contributed by atoms with van der Waals surface area (Å²) in [5.74, 6) is -2.71. The van der Waals surface area contributed by atoms with E-state index in [0.717, 1.165) is 14.9 Å². The first-order valence-electron chi connectivity index (χ1n) is 8.56. The maximum Gasteiger partial charge on any atom is 0.330 e. The van der Waals surface area contributed by atoms with Crippen LogP contribution in [0.25, 0.3) is 10.9 Å². The van der Waals surface area contributed by atoms with Gasteiger partial charge in [-0.2, -0.15) is 4.31 Å². The number of sulfonamides is 1. The van der Waals surface area contributed by atoms with Crippen molar-refractivity contribution < 1.29 is 28.2 Å². The van der Waals surface area contributed by atoms with Crippen molar-refractivity contribution in [3.8, 4) is 0 Å². The highest BCUT2D eigenvalue weighted by Crippen LogP contribution is 2.37. The zero-order valence-corrected chi connectivity index (χ0v) is 16.5. The van der Waals surface area contributed by atoms with Gasteiger partial charge >= 0.3 is 17.6 Å². The fourth-order valence-corrected chi connectivity index (χ4v) is 5.16. The molecule has 2 heterocycles. The van der Waals surface area contributed by atoms with Gasteiger partial charge in [-0.15, -0.1) is 0 Å². The van der Waals surface area contributed by atoms with Crippen molar-refractivity contribution in [2.75, 3.05) is 13.1 Å². The molecule has 0 aliphatic carbocycles. The molecule has 11 nitrogen and oxygen atoms in total. The predicted molar refractivity (Wildman–Crippen MR) is 100 cm³/mol. The van der Waals surface area contributed by atoms with E-state index in [1.54, 1.807) is 0 Å². The largest absolute Gasteiger partial charge is 0.481 e. The molecule has 0 radical (unpaired) electrons. The van der Waals surface area contributed by atoms with E-state index in [-0.39, 0.29) is 28.8 Å². The van der Waals surface area contributed by atoms with Gasteiger partial charge < -0.3 is 10.2 Å². The van der Waals surface area contributed by atoms with Crippen LogP contribution in [0.5, 0.6) is 0 Å². The molecule has 1 aromatic heterocycles. The van der Waals surface area contributed by atoms with Crippen molar-refractivity contribution in [3.05, 3.63) is 39.0 Å². The highest BCUT2D eigenvalue weighted by molar-refractivity contribution is 7.89. The SMILES string of the molecule is Cn1c(=O)c2cc(S(=O)(=O)N3CCC(CC(=O)O)(C(=O)O)C3)ccc2n(C)c1=O. The summed E-state index contributed by atoms with van der Waals surface area (Å²) in [5.41, 5.74) is -2.68. The number of hydrogen-bond donors (Lipinski definition) is 2. The van der Waals surface area contributed by atoms with Gasteiger partial charge in [-0.1, -0.05) is 0 Å². The third kappa shape index (κ3) is 3.23. The maximum atomic E-state index is 13.0. The first-order chi connectivity index (χ1) is 13.4. The van der Waals surface area contributed by atoms with Crippen molar-refractivity contribution in [3.63, 3.8) is 0 Å². The molecule has 3 rings (SSSR count). The van der Waals surface area contributed by atoms with Crippen LogP contribution in [0.2, 0.25) is 0 Å². The lowest BCUT2D eigenvalue weighted by Crippen LogP contribution is -2.39. The van der Waals surface area contributed by atoms with E-state index in [4.69, 9.17) is 5.11 Å². The van der Waals surface area contributed by atoms with E-state index >= 15 is 0 Å². The van der Waals surface area contributed by atoms with Gasteiger partial charge in [0.2, 0.25) is 10.0 Å². The molecule has 1 atom stereocenters. The molecule has 0 saturated carbocycles. The summed E-state index contributed by atoms with van der Waals surface area (Å²) in [6, 6.07) is 3.71. The van der Waals surface area contributed by atoms with Gasteiger partial charge in [-0.05, 0) is 24.6 Å². The number of carboxylic acid groups (broad SMARTS) is 2. The molecule has 156 valence electrons. The second kappa shape index (κ2) is 6.81. The number of rotatable bonds is 5. The molecule has 0 amide bonds. The molecule has 29 heavy (non-hydrogen) atoms. The highest BCUT2D eigenvalue weighted by atomic mass is 32.2. The van der Waals surface area contributed by atoms with Crippen LogP contribution in [0.1, 0.15) is 12.8 Å². The number of hydrogen-bond acceptors (Lipinski definition) is 6. The molecule has 1 saturated heterocycles. The third-order valence-corrected chi connectivity index (χ3v) is 7.18. The van der Waals surface area contributed by atoms with E-state index in [2.05, 4.69) is 0 Å². The normalized spacial score (nSPS) is 20.2. The summed E-state index contributed by atoms with van der Waals surface area (Å²) in [4.78, 5) is 46.9. The molecule has 1 aliphatic rings. The first-order valence-corrected chi connectivity index (χ1v) is 10.00. The van der Waals surface area contributed by atoms with Crippen molar-refractivity contribution in [2.45, 2.75) is 17.7 Å². The first kappa shape index (κ1) is 20.7. The Morgan fingerprint density at radius 2 is 1.79 bits per heavy atom. The summed E-state index contributed by atoms with van der Waals surface area (Å²) < 4.78 is 29.0. The van der Waals surface area contributed by atoms with Crippen LogP contribution in [0.4, 0.5) is 0 Å². The minimum Gasteiger partial charge on any atom is -0.481 e. The molecule has 0 bridgehead atoms. The molecule has 0 spiro atoms. The second-order valence-electron chi connectivity index (χ2n) is 7.13. The Kier molecular flexibility index (Phi) is 4.87. The fourth-order valence-electron chi connectivity index (χ4n) is 3.61. The Balaban J connectivity index is 2.08. The smallest absolute Gasteiger partial charge is 0.330 e. The zero-order chi connectivity index (χ0) is 21.7. The fraction of sp³-hybridized carbons (Fsp3) is 0.412. The van der Waals surface area contributed by atoms with Gasteiger partial charge in [0.15, 0.2) is 0 Å². The Morgan fingerprint density at radius 1 is 1.14 bits per heavy atom. The summed E-state index contributed by atoms with van der Waals surface area (Å²) in [6.07, 6.45) is -0.841. The number of benzene rings is 1. The molecule has 12 heteroatoms. The van der Waals surface area contributed by atoms with Crippen LogP contribution in [0.3, 0.4) is 0 Å². The number of nitrogens with zero attached hydrogens (tertiary/aromatic N) is 3. The number of aryl methyl sites for hydroxylation is 1.